The fraction of sp³-hybridized carbons (Fsp3) is 0.192. The van der Waals surface area contributed by atoms with Crippen LogP contribution in [0.2, 0.25) is 5.02 Å². The van der Waals surface area contributed by atoms with Crippen molar-refractivity contribution in [1.82, 2.24) is 9.55 Å². The highest BCUT2D eigenvalue weighted by Gasteiger charge is 2.49. The van der Waals surface area contributed by atoms with Crippen LogP contribution in [0.1, 0.15) is 30.0 Å². The summed E-state index contributed by atoms with van der Waals surface area (Å²) in [5, 5.41) is 12.4. The second-order valence-electron chi connectivity index (χ2n) is 8.72. The molecule has 0 saturated carbocycles. The first kappa shape index (κ1) is 22.2. The lowest BCUT2D eigenvalue weighted by atomic mass is 9.85. The maximum atomic E-state index is 13.6. The van der Waals surface area contributed by atoms with Crippen LogP contribution in [0.25, 0.3) is 22.3 Å². The molecule has 0 saturated heterocycles. The number of cyclic esters (lactones) is 1. The quantitative estimate of drug-likeness (QED) is 0.198. The monoisotopic (exact) mass is 503 g/mol. The van der Waals surface area contributed by atoms with E-state index in [1.165, 1.54) is 6.07 Å². The number of ether oxygens (including phenoxy) is 2. The number of esters is 1. The van der Waals surface area contributed by atoms with Gasteiger partial charge in [-0.05, 0) is 48.9 Å². The SMILES string of the molecule is CC[C@@]1(Oc2ccc(Cl)cc2)C(=O)OCc2c1cc1n(c2=O)Cc2cc3c([N+](=O)[O-])cccc3nc2-1. The first-order valence-corrected chi connectivity index (χ1v) is 11.7. The molecule has 0 aliphatic carbocycles. The van der Waals surface area contributed by atoms with Crippen molar-refractivity contribution in [2.24, 2.45) is 0 Å². The summed E-state index contributed by atoms with van der Waals surface area (Å²) >= 11 is 6.00. The van der Waals surface area contributed by atoms with Crippen molar-refractivity contribution in [1.29, 1.82) is 0 Å². The van der Waals surface area contributed by atoms with Crippen LogP contribution in [-0.2, 0) is 28.3 Å². The van der Waals surface area contributed by atoms with Crippen LogP contribution in [0, 0.1) is 10.1 Å². The first-order valence-electron chi connectivity index (χ1n) is 11.3. The highest BCUT2D eigenvalue weighted by molar-refractivity contribution is 6.30. The summed E-state index contributed by atoms with van der Waals surface area (Å²) in [4.78, 5) is 42.5. The number of nitro groups is 1. The normalized spacial score (nSPS) is 17.8. The molecule has 4 aromatic rings. The zero-order chi connectivity index (χ0) is 25.2. The third-order valence-corrected chi connectivity index (χ3v) is 7.05. The van der Waals surface area contributed by atoms with Gasteiger partial charge in [0, 0.05) is 22.2 Å². The first-order chi connectivity index (χ1) is 17.3. The van der Waals surface area contributed by atoms with Gasteiger partial charge in [-0.3, -0.25) is 14.9 Å². The number of halogens is 1. The molecule has 0 radical (unpaired) electrons. The fourth-order valence-corrected chi connectivity index (χ4v) is 5.13. The lowest BCUT2D eigenvalue weighted by molar-refractivity contribution is -0.383. The van der Waals surface area contributed by atoms with Crippen molar-refractivity contribution in [3.8, 4) is 17.1 Å². The van der Waals surface area contributed by atoms with Gasteiger partial charge in [0.15, 0.2) is 0 Å². The van der Waals surface area contributed by atoms with Crippen molar-refractivity contribution in [2.75, 3.05) is 0 Å². The van der Waals surface area contributed by atoms with Crippen LogP contribution in [0.15, 0.2) is 59.4 Å². The topological polar surface area (TPSA) is 114 Å². The zero-order valence-corrected chi connectivity index (χ0v) is 19.7. The summed E-state index contributed by atoms with van der Waals surface area (Å²) < 4.78 is 13.2. The van der Waals surface area contributed by atoms with Gasteiger partial charge in [0.05, 0.1) is 39.3 Å². The van der Waals surface area contributed by atoms with Gasteiger partial charge in [-0.2, -0.15) is 0 Å². The fourth-order valence-electron chi connectivity index (χ4n) is 5.01. The van der Waals surface area contributed by atoms with Crippen LogP contribution < -0.4 is 10.3 Å². The van der Waals surface area contributed by atoms with Gasteiger partial charge in [-0.1, -0.05) is 24.6 Å². The molecule has 1 atom stereocenters. The van der Waals surface area contributed by atoms with E-state index >= 15 is 0 Å². The number of benzene rings is 2. The minimum atomic E-state index is -1.53. The van der Waals surface area contributed by atoms with E-state index in [0.29, 0.717) is 49.8 Å². The predicted octanol–water partition coefficient (Wildman–Crippen LogP) is 4.73. The molecule has 9 nitrogen and oxygen atoms in total. The molecule has 180 valence electrons. The summed E-state index contributed by atoms with van der Waals surface area (Å²) in [5.74, 6) is -0.180. The predicted molar refractivity (Wildman–Crippen MR) is 131 cm³/mol. The lowest BCUT2D eigenvalue weighted by Gasteiger charge is -2.36. The van der Waals surface area contributed by atoms with E-state index in [0.717, 1.165) is 0 Å². The molecule has 2 aliphatic rings. The number of nitrogens with zero attached hydrogens (tertiary/aromatic N) is 3. The number of non-ortho nitro benzene ring substituents is 1. The van der Waals surface area contributed by atoms with Crippen molar-refractivity contribution in [3.05, 3.63) is 96.8 Å². The van der Waals surface area contributed by atoms with Crippen molar-refractivity contribution >= 4 is 34.2 Å². The molecule has 0 amide bonds. The number of aromatic nitrogens is 2. The molecule has 10 heteroatoms. The molecular formula is C26H18ClN3O6. The van der Waals surface area contributed by atoms with Crippen LogP contribution in [0.3, 0.4) is 0 Å². The summed E-state index contributed by atoms with van der Waals surface area (Å²) in [6.07, 6.45) is 0.217. The van der Waals surface area contributed by atoms with Gasteiger partial charge < -0.3 is 14.0 Å². The Labute approximate surface area is 209 Å². The van der Waals surface area contributed by atoms with E-state index in [-0.39, 0.29) is 30.8 Å². The highest BCUT2D eigenvalue weighted by Crippen LogP contribution is 2.42. The lowest BCUT2D eigenvalue weighted by Crippen LogP contribution is -2.48. The third kappa shape index (κ3) is 3.12. The van der Waals surface area contributed by atoms with Crippen molar-refractivity contribution in [2.45, 2.75) is 32.1 Å². The van der Waals surface area contributed by atoms with Crippen LogP contribution in [0.5, 0.6) is 5.75 Å². The summed E-state index contributed by atoms with van der Waals surface area (Å²) in [6.45, 7) is 1.82. The number of hydrogen-bond donors (Lipinski definition) is 0. The molecule has 6 rings (SSSR count). The molecule has 4 heterocycles. The van der Waals surface area contributed by atoms with E-state index in [1.807, 2.05) is 0 Å². The number of fused-ring (bicyclic) bond motifs is 5. The Morgan fingerprint density at radius 1 is 1.19 bits per heavy atom. The minimum Gasteiger partial charge on any atom is -0.471 e. The Morgan fingerprint density at radius 3 is 2.69 bits per heavy atom. The van der Waals surface area contributed by atoms with Crippen molar-refractivity contribution < 1.29 is 19.2 Å². The largest absolute Gasteiger partial charge is 0.471 e. The van der Waals surface area contributed by atoms with Gasteiger partial charge in [0.25, 0.3) is 11.2 Å². The number of rotatable bonds is 4. The number of nitro benzene ring substituents is 1. The van der Waals surface area contributed by atoms with E-state index < -0.39 is 16.5 Å². The average Bonchev–Trinajstić information content (AvgIpc) is 3.23. The van der Waals surface area contributed by atoms with Gasteiger partial charge in [-0.15, -0.1) is 0 Å². The second-order valence-corrected chi connectivity index (χ2v) is 9.16. The Hall–Kier alpha value is -4.24. The third-order valence-electron chi connectivity index (χ3n) is 6.80. The number of carbonyl (C=O) groups excluding carboxylic acids is 1. The highest BCUT2D eigenvalue weighted by atomic mass is 35.5. The molecule has 2 aliphatic heterocycles. The standard InChI is InChI=1S/C26H18ClN3O6/c1-2-26(36-16-8-6-15(27)7-9-16)19-11-22-23-14(12-29(22)24(31)18(19)13-35-25(26)32)10-17-20(28-23)4-3-5-21(17)30(33)34/h3-11H,2,12-13H2,1H3/t26-/m0/s1. The Bertz CT molecular complexity index is 1660. The smallest absolute Gasteiger partial charge is 0.355 e. The van der Waals surface area contributed by atoms with Gasteiger partial charge in [0.1, 0.15) is 12.4 Å². The van der Waals surface area contributed by atoms with Crippen LogP contribution in [0.4, 0.5) is 5.69 Å². The van der Waals surface area contributed by atoms with Gasteiger partial charge >= 0.3 is 5.97 Å². The van der Waals surface area contributed by atoms with Crippen LogP contribution >= 0.6 is 11.6 Å². The van der Waals surface area contributed by atoms with Gasteiger partial charge in [-0.25, -0.2) is 9.78 Å². The molecule has 2 aromatic heterocycles. The number of pyridine rings is 2. The summed E-state index contributed by atoms with van der Waals surface area (Å²) in [5.41, 5.74) is 1.06. The Morgan fingerprint density at radius 2 is 1.97 bits per heavy atom. The van der Waals surface area contributed by atoms with E-state index in [2.05, 4.69) is 4.98 Å². The molecule has 0 spiro atoms. The van der Waals surface area contributed by atoms with Gasteiger partial charge in [0.2, 0.25) is 5.60 Å². The van der Waals surface area contributed by atoms with E-state index in [1.54, 1.807) is 60.0 Å². The Kier molecular flexibility index (Phi) is 4.87. The number of carbonyl (C=O) groups is 1. The molecule has 0 unspecified atom stereocenters. The Balaban J connectivity index is 1.56. The van der Waals surface area contributed by atoms with Crippen LogP contribution in [-0.4, -0.2) is 20.4 Å². The molecule has 0 bridgehead atoms. The van der Waals surface area contributed by atoms with E-state index in [9.17, 15) is 19.7 Å². The maximum Gasteiger partial charge on any atom is 0.355 e. The summed E-state index contributed by atoms with van der Waals surface area (Å²) in [6, 6.07) is 14.8. The van der Waals surface area contributed by atoms with Crippen molar-refractivity contribution in [3.63, 3.8) is 0 Å². The van der Waals surface area contributed by atoms with E-state index in [4.69, 9.17) is 21.1 Å². The molecule has 0 fully saturated rings. The molecule has 0 N–H and O–H groups in total. The molecule has 2 aromatic carbocycles. The minimum absolute atomic E-state index is 0.0502. The maximum absolute atomic E-state index is 13.6. The number of hydrogen-bond acceptors (Lipinski definition) is 7. The zero-order valence-electron chi connectivity index (χ0n) is 19.0. The molecule has 36 heavy (non-hydrogen) atoms. The molecular weight excluding hydrogens is 486 g/mol. The summed E-state index contributed by atoms with van der Waals surface area (Å²) in [7, 11) is 0. The average molecular weight is 504 g/mol. The second kappa shape index (κ2) is 7.89.